The zero-order valence-electron chi connectivity index (χ0n) is 15.9. The minimum atomic E-state index is -0.466. The molecule has 0 aromatic heterocycles. The highest BCUT2D eigenvalue weighted by Gasteiger charge is 2.32. The molecule has 2 aromatic carbocycles. The summed E-state index contributed by atoms with van der Waals surface area (Å²) in [4.78, 5) is 38.1. The smallest absolute Gasteiger partial charge is 0.310 e. The molecule has 0 spiro atoms. The molecule has 1 fully saturated rings. The third kappa shape index (κ3) is 4.21. The number of nitrogens with zero attached hydrogens (tertiary/aromatic N) is 1. The van der Waals surface area contributed by atoms with Crippen molar-refractivity contribution in [2.45, 2.75) is 33.1 Å². The van der Waals surface area contributed by atoms with Crippen molar-refractivity contribution in [3.8, 4) is 0 Å². The zero-order chi connectivity index (χ0) is 19.4. The quantitative estimate of drug-likeness (QED) is 0.594. The van der Waals surface area contributed by atoms with Crippen LogP contribution >= 0.6 is 0 Å². The summed E-state index contributed by atoms with van der Waals surface area (Å²) in [5.74, 6) is -0.474. The number of rotatable bonds is 7. The molecule has 6 heteroatoms. The Bertz CT molecular complexity index is 865. The Labute approximate surface area is 158 Å². The van der Waals surface area contributed by atoms with E-state index in [-0.39, 0.29) is 11.9 Å². The van der Waals surface area contributed by atoms with Crippen LogP contribution in [-0.4, -0.2) is 32.2 Å². The largest absolute Gasteiger partial charge is 0.466 e. The number of ether oxygens (including phenoxy) is 1. The maximum absolute atomic E-state index is 12.1. The topological polar surface area (TPSA) is 75.7 Å². The van der Waals surface area contributed by atoms with Crippen LogP contribution in [0.5, 0.6) is 0 Å². The fourth-order valence-corrected chi connectivity index (χ4v) is 3.56. The lowest BCUT2D eigenvalue weighted by atomic mass is 9.96. The van der Waals surface area contributed by atoms with E-state index in [4.69, 9.17) is 4.74 Å². The number of hydrogen-bond donors (Lipinski definition) is 1. The van der Waals surface area contributed by atoms with Gasteiger partial charge in [0.15, 0.2) is 0 Å². The van der Waals surface area contributed by atoms with Crippen LogP contribution in [0.25, 0.3) is 0 Å². The van der Waals surface area contributed by atoms with Crippen LogP contribution in [0.4, 0.5) is 11.4 Å². The van der Waals surface area contributed by atoms with Gasteiger partial charge in [-0.2, -0.15) is 0 Å². The number of esters is 1. The summed E-state index contributed by atoms with van der Waals surface area (Å²) >= 11 is 0. The van der Waals surface area contributed by atoms with E-state index in [1.807, 2.05) is 11.8 Å². The minimum absolute atomic E-state index is 0.227. The highest BCUT2D eigenvalue weighted by atomic mass is 16.5. The van der Waals surface area contributed by atoms with Gasteiger partial charge in [0.2, 0.25) is 0 Å². The molecule has 3 rings (SSSR count). The summed E-state index contributed by atoms with van der Waals surface area (Å²) in [5.41, 5.74) is 2.27. The number of nitrogens with one attached hydrogen (secondary N) is 1. The van der Waals surface area contributed by atoms with Crippen molar-refractivity contribution in [1.82, 2.24) is 0 Å². The van der Waals surface area contributed by atoms with Crippen LogP contribution in [0.15, 0.2) is 33.9 Å². The molecule has 1 aliphatic rings. The van der Waals surface area contributed by atoms with Gasteiger partial charge in [0, 0.05) is 19.6 Å². The molecule has 1 N–H and O–H groups in total. The molecule has 6 nitrogen and oxygen atoms in total. The average molecular weight is 370 g/mol. The van der Waals surface area contributed by atoms with Crippen molar-refractivity contribution in [2.24, 2.45) is 5.92 Å². The SMILES string of the molecule is CCOC(=O)[C@@H]1CCCN(c2c(NCCc3ccc(C)cc3)c(=O)c2=O)C1. The van der Waals surface area contributed by atoms with Gasteiger partial charge in [0.25, 0.3) is 10.9 Å². The predicted molar refractivity (Wildman–Crippen MR) is 106 cm³/mol. The van der Waals surface area contributed by atoms with Crippen LogP contribution in [0.1, 0.15) is 30.9 Å². The first-order valence-electron chi connectivity index (χ1n) is 9.55. The molecule has 0 amide bonds. The average Bonchev–Trinajstić information content (AvgIpc) is 2.68. The van der Waals surface area contributed by atoms with Crippen molar-refractivity contribution in [3.05, 3.63) is 55.8 Å². The lowest BCUT2D eigenvalue weighted by molar-refractivity contribution is -0.148. The Kier molecular flexibility index (Phi) is 5.94. The Balaban J connectivity index is 1.64. The molecular formula is C21H26N2O4. The minimum Gasteiger partial charge on any atom is -0.466 e. The zero-order valence-corrected chi connectivity index (χ0v) is 15.9. The monoisotopic (exact) mass is 370 g/mol. The molecule has 144 valence electrons. The number of carbonyl (C=O) groups excluding carboxylic acids is 1. The molecule has 1 atom stereocenters. The molecule has 1 heterocycles. The van der Waals surface area contributed by atoms with Gasteiger partial charge in [0.05, 0.1) is 12.5 Å². The van der Waals surface area contributed by atoms with Crippen molar-refractivity contribution in [2.75, 3.05) is 36.5 Å². The lowest BCUT2D eigenvalue weighted by Crippen LogP contribution is -2.47. The summed E-state index contributed by atoms with van der Waals surface area (Å²) in [6, 6.07) is 8.24. The number of aryl methyl sites for hydroxylation is 1. The Morgan fingerprint density at radius 1 is 1.22 bits per heavy atom. The van der Waals surface area contributed by atoms with Crippen molar-refractivity contribution >= 4 is 17.3 Å². The first-order chi connectivity index (χ1) is 13.0. The molecule has 0 saturated carbocycles. The van der Waals surface area contributed by atoms with Gasteiger partial charge in [-0.25, -0.2) is 0 Å². The number of anilines is 2. The van der Waals surface area contributed by atoms with Crippen molar-refractivity contribution in [3.63, 3.8) is 0 Å². The molecule has 0 radical (unpaired) electrons. The fourth-order valence-electron chi connectivity index (χ4n) is 3.56. The normalized spacial score (nSPS) is 17.1. The molecule has 27 heavy (non-hydrogen) atoms. The van der Waals surface area contributed by atoms with E-state index >= 15 is 0 Å². The van der Waals surface area contributed by atoms with E-state index in [0.29, 0.717) is 37.6 Å². The molecular weight excluding hydrogens is 344 g/mol. The number of hydrogen-bond acceptors (Lipinski definition) is 6. The molecule has 0 aliphatic carbocycles. The Morgan fingerprint density at radius 2 is 1.96 bits per heavy atom. The fraction of sp³-hybridized carbons (Fsp3) is 0.476. The molecule has 1 aliphatic heterocycles. The summed E-state index contributed by atoms with van der Waals surface area (Å²) in [6.45, 7) is 5.85. The summed E-state index contributed by atoms with van der Waals surface area (Å²) in [7, 11) is 0. The maximum Gasteiger partial charge on any atom is 0.310 e. The van der Waals surface area contributed by atoms with Gasteiger partial charge in [-0.05, 0) is 38.7 Å². The second kappa shape index (κ2) is 8.37. The van der Waals surface area contributed by atoms with Crippen molar-refractivity contribution < 1.29 is 9.53 Å². The molecule has 0 bridgehead atoms. The van der Waals surface area contributed by atoms with Gasteiger partial charge in [-0.1, -0.05) is 29.8 Å². The van der Waals surface area contributed by atoms with Gasteiger partial charge < -0.3 is 15.0 Å². The van der Waals surface area contributed by atoms with E-state index in [0.717, 1.165) is 19.3 Å². The third-order valence-electron chi connectivity index (χ3n) is 5.08. The molecule has 0 unspecified atom stereocenters. The van der Waals surface area contributed by atoms with Crippen LogP contribution in [-0.2, 0) is 16.0 Å². The Hall–Kier alpha value is -2.63. The van der Waals surface area contributed by atoms with Crippen LogP contribution in [0, 0.1) is 12.8 Å². The van der Waals surface area contributed by atoms with Crippen LogP contribution < -0.4 is 21.1 Å². The molecule has 1 saturated heterocycles. The highest BCUT2D eigenvalue weighted by molar-refractivity contribution is 5.78. The van der Waals surface area contributed by atoms with E-state index < -0.39 is 10.9 Å². The predicted octanol–water partition coefficient (Wildman–Crippen LogP) is 2.03. The second-order valence-electron chi connectivity index (χ2n) is 7.08. The van der Waals surface area contributed by atoms with E-state index in [9.17, 15) is 14.4 Å². The van der Waals surface area contributed by atoms with E-state index in [2.05, 4.69) is 29.6 Å². The van der Waals surface area contributed by atoms with Gasteiger partial charge in [-0.3, -0.25) is 14.4 Å². The first-order valence-corrected chi connectivity index (χ1v) is 9.55. The lowest BCUT2D eigenvalue weighted by Gasteiger charge is -2.34. The molecule has 2 aromatic rings. The summed E-state index contributed by atoms with van der Waals surface area (Å²) in [6.07, 6.45) is 2.32. The number of carbonyl (C=O) groups is 1. The first kappa shape index (κ1) is 19.1. The van der Waals surface area contributed by atoms with Crippen molar-refractivity contribution in [1.29, 1.82) is 0 Å². The maximum atomic E-state index is 12.1. The summed E-state index contributed by atoms with van der Waals surface area (Å²) in [5, 5.41) is 3.13. The van der Waals surface area contributed by atoms with Gasteiger partial charge in [-0.15, -0.1) is 0 Å². The van der Waals surface area contributed by atoms with Gasteiger partial charge >= 0.3 is 5.97 Å². The number of benzene rings is 1. The van der Waals surface area contributed by atoms with Gasteiger partial charge in [0.1, 0.15) is 11.4 Å². The summed E-state index contributed by atoms with van der Waals surface area (Å²) < 4.78 is 5.11. The van der Waals surface area contributed by atoms with E-state index in [1.165, 1.54) is 11.1 Å². The standard InChI is InChI=1S/C21H26N2O4/c1-3-27-21(26)16-5-4-12-23(13-16)18-17(19(24)20(18)25)22-11-10-15-8-6-14(2)7-9-15/h6-9,16,22H,3-5,10-13H2,1-2H3/t16-/m1/s1. The van der Waals surface area contributed by atoms with Crippen LogP contribution in [0.2, 0.25) is 0 Å². The second-order valence-corrected chi connectivity index (χ2v) is 7.08. The van der Waals surface area contributed by atoms with E-state index in [1.54, 1.807) is 6.92 Å². The number of piperidine rings is 1. The third-order valence-corrected chi connectivity index (χ3v) is 5.08. The highest BCUT2D eigenvalue weighted by Crippen LogP contribution is 2.27. The Morgan fingerprint density at radius 3 is 2.67 bits per heavy atom. The van der Waals surface area contributed by atoms with Crippen LogP contribution in [0.3, 0.4) is 0 Å².